The molecule has 1 saturated heterocycles. The van der Waals surface area contributed by atoms with E-state index in [1.807, 2.05) is 41.3 Å². The van der Waals surface area contributed by atoms with Crippen molar-refractivity contribution in [3.05, 3.63) is 84.3 Å². The van der Waals surface area contributed by atoms with Gasteiger partial charge in [-0.1, -0.05) is 48.5 Å². The van der Waals surface area contributed by atoms with E-state index in [4.69, 9.17) is 0 Å². The number of hydrogen-bond acceptors (Lipinski definition) is 4. The Morgan fingerprint density at radius 2 is 1.64 bits per heavy atom. The first-order valence-electron chi connectivity index (χ1n) is 9.75. The Hall–Kier alpha value is -3.21. The van der Waals surface area contributed by atoms with E-state index in [2.05, 4.69) is 39.6 Å². The first-order chi connectivity index (χ1) is 13.8. The van der Waals surface area contributed by atoms with Crippen molar-refractivity contribution in [1.82, 2.24) is 14.9 Å². The van der Waals surface area contributed by atoms with Crippen LogP contribution in [0.1, 0.15) is 28.9 Å². The second-order valence-corrected chi connectivity index (χ2v) is 7.20. The lowest BCUT2D eigenvalue weighted by molar-refractivity contribution is 0.0684. The average molecular weight is 372 g/mol. The van der Waals surface area contributed by atoms with Crippen molar-refractivity contribution in [1.29, 1.82) is 0 Å². The van der Waals surface area contributed by atoms with Gasteiger partial charge in [-0.25, -0.2) is 9.97 Å². The molecule has 28 heavy (non-hydrogen) atoms. The van der Waals surface area contributed by atoms with Gasteiger partial charge in [0, 0.05) is 24.8 Å². The van der Waals surface area contributed by atoms with Crippen molar-refractivity contribution in [3.63, 3.8) is 0 Å². The van der Waals surface area contributed by atoms with E-state index in [0.29, 0.717) is 17.4 Å². The Balaban J connectivity index is 1.35. The van der Waals surface area contributed by atoms with Gasteiger partial charge in [0.25, 0.3) is 5.91 Å². The minimum absolute atomic E-state index is 0.0170. The van der Waals surface area contributed by atoms with Crippen LogP contribution in [0.25, 0.3) is 0 Å². The number of piperidine rings is 1. The number of likely N-dealkylation sites (tertiary alicyclic amines) is 1. The normalized spacial score (nSPS) is 14.6. The van der Waals surface area contributed by atoms with Crippen LogP contribution in [0.5, 0.6) is 0 Å². The zero-order valence-electron chi connectivity index (χ0n) is 15.8. The van der Waals surface area contributed by atoms with Crippen LogP contribution in [0.2, 0.25) is 0 Å². The molecular formula is C23H24N4O. The molecule has 5 heteroatoms. The standard InChI is InChI=1S/C23H24N4O/c28-23(21-16-22(25-17-24-21)26-20-9-5-2-6-10-20)27-13-11-19(12-14-27)15-18-7-3-1-4-8-18/h1-10,16-17,19H,11-15H2,(H,24,25,26). The van der Waals surface area contributed by atoms with Crippen LogP contribution < -0.4 is 5.32 Å². The van der Waals surface area contributed by atoms with E-state index in [9.17, 15) is 4.79 Å². The molecule has 1 aliphatic rings. The Kier molecular flexibility index (Phi) is 5.61. The number of carbonyl (C=O) groups is 1. The van der Waals surface area contributed by atoms with Gasteiger partial charge in [-0.05, 0) is 42.9 Å². The Morgan fingerprint density at radius 1 is 0.964 bits per heavy atom. The number of anilines is 2. The number of carbonyl (C=O) groups excluding carboxylic acids is 1. The van der Waals surface area contributed by atoms with Crippen LogP contribution in [-0.4, -0.2) is 33.9 Å². The Labute approximate surface area is 165 Å². The summed E-state index contributed by atoms with van der Waals surface area (Å²) in [6.07, 6.45) is 4.59. The maximum Gasteiger partial charge on any atom is 0.272 e. The quantitative estimate of drug-likeness (QED) is 0.725. The third-order valence-electron chi connectivity index (χ3n) is 5.20. The van der Waals surface area contributed by atoms with E-state index in [-0.39, 0.29) is 5.91 Å². The number of amides is 1. The maximum atomic E-state index is 12.9. The summed E-state index contributed by atoms with van der Waals surface area (Å²) in [4.78, 5) is 23.2. The van der Waals surface area contributed by atoms with Gasteiger partial charge < -0.3 is 10.2 Å². The highest BCUT2D eigenvalue weighted by Gasteiger charge is 2.24. The summed E-state index contributed by atoms with van der Waals surface area (Å²) < 4.78 is 0. The average Bonchev–Trinajstić information content (AvgIpc) is 2.75. The summed E-state index contributed by atoms with van der Waals surface area (Å²) >= 11 is 0. The SMILES string of the molecule is O=C(c1cc(Nc2ccccc2)ncn1)N1CCC(Cc2ccccc2)CC1. The number of para-hydroxylation sites is 1. The molecule has 0 aliphatic carbocycles. The third-order valence-corrected chi connectivity index (χ3v) is 5.20. The number of hydrogen-bond donors (Lipinski definition) is 1. The van der Waals surface area contributed by atoms with Crippen LogP contribution >= 0.6 is 0 Å². The fourth-order valence-corrected chi connectivity index (χ4v) is 3.66. The molecule has 1 amide bonds. The van der Waals surface area contributed by atoms with Gasteiger partial charge in [0.1, 0.15) is 17.8 Å². The molecular weight excluding hydrogens is 348 g/mol. The minimum Gasteiger partial charge on any atom is -0.340 e. The topological polar surface area (TPSA) is 58.1 Å². The Morgan fingerprint density at radius 3 is 2.36 bits per heavy atom. The summed E-state index contributed by atoms with van der Waals surface area (Å²) in [5, 5.41) is 3.21. The molecule has 2 aromatic carbocycles. The van der Waals surface area contributed by atoms with Crippen molar-refractivity contribution in [2.24, 2.45) is 5.92 Å². The molecule has 4 rings (SSSR count). The smallest absolute Gasteiger partial charge is 0.272 e. The van der Waals surface area contributed by atoms with Crippen LogP contribution in [0.4, 0.5) is 11.5 Å². The summed E-state index contributed by atoms with van der Waals surface area (Å²) in [5.41, 5.74) is 2.75. The van der Waals surface area contributed by atoms with Gasteiger partial charge in [0.05, 0.1) is 0 Å². The summed E-state index contributed by atoms with van der Waals surface area (Å²) in [6.45, 7) is 1.56. The number of aromatic nitrogens is 2. The molecule has 0 radical (unpaired) electrons. The molecule has 1 fully saturated rings. The summed E-state index contributed by atoms with van der Waals surface area (Å²) in [5.74, 6) is 1.24. The van der Waals surface area contributed by atoms with Gasteiger partial charge in [-0.3, -0.25) is 4.79 Å². The monoisotopic (exact) mass is 372 g/mol. The molecule has 0 atom stereocenters. The predicted octanol–water partition coefficient (Wildman–Crippen LogP) is 4.32. The van der Waals surface area contributed by atoms with Crippen LogP contribution in [0.3, 0.4) is 0 Å². The first-order valence-corrected chi connectivity index (χ1v) is 9.75. The zero-order valence-corrected chi connectivity index (χ0v) is 15.8. The number of nitrogens with zero attached hydrogens (tertiary/aromatic N) is 3. The molecule has 142 valence electrons. The molecule has 2 heterocycles. The maximum absolute atomic E-state index is 12.9. The van der Waals surface area contributed by atoms with Crippen LogP contribution in [-0.2, 0) is 6.42 Å². The lowest BCUT2D eigenvalue weighted by Crippen LogP contribution is -2.39. The van der Waals surface area contributed by atoms with E-state index < -0.39 is 0 Å². The molecule has 1 N–H and O–H groups in total. The fourth-order valence-electron chi connectivity index (χ4n) is 3.66. The second-order valence-electron chi connectivity index (χ2n) is 7.20. The van der Waals surface area contributed by atoms with Crippen LogP contribution in [0.15, 0.2) is 73.1 Å². The van der Waals surface area contributed by atoms with Gasteiger partial charge in [-0.2, -0.15) is 0 Å². The lowest BCUT2D eigenvalue weighted by Gasteiger charge is -2.32. The lowest BCUT2D eigenvalue weighted by atomic mass is 9.90. The number of nitrogens with one attached hydrogen (secondary N) is 1. The molecule has 5 nitrogen and oxygen atoms in total. The highest BCUT2D eigenvalue weighted by Crippen LogP contribution is 2.23. The highest BCUT2D eigenvalue weighted by atomic mass is 16.2. The third kappa shape index (κ3) is 4.55. The fraction of sp³-hybridized carbons (Fsp3) is 0.261. The van der Waals surface area contributed by atoms with Crippen molar-refractivity contribution in [3.8, 4) is 0 Å². The molecule has 1 aliphatic heterocycles. The largest absolute Gasteiger partial charge is 0.340 e. The van der Waals surface area contributed by atoms with E-state index in [0.717, 1.165) is 38.0 Å². The predicted molar refractivity (Wildman–Crippen MR) is 111 cm³/mol. The summed E-state index contributed by atoms with van der Waals surface area (Å²) in [6, 6.07) is 22.1. The number of rotatable bonds is 5. The van der Waals surface area contributed by atoms with Crippen molar-refractivity contribution >= 4 is 17.4 Å². The molecule has 1 aromatic heterocycles. The molecule has 0 bridgehead atoms. The highest BCUT2D eigenvalue weighted by molar-refractivity contribution is 5.93. The van der Waals surface area contributed by atoms with Crippen molar-refractivity contribution in [2.75, 3.05) is 18.4 Å². The van der Waals surface area contributed by atoms with E-state index >= 15 is 0 Å². The molecule has 0 spiro atoms. The van der Waals surface area contributed by atoms with E-state index in [1.165, 1.54) is 11.9 Å². The molecule has 3 aromatic rings. The molecule has 0 unspecified atom stereocenters. The minimum atomic E-state index is -0.0170. The second kappa shape index (κ2) is 8.65. The van der Waals surface area contributed by atoms with E-state index in [1.54, 1.807) is 6.07 Å². The van der Waals surface area contributed by atoms with Gasteiger partial charge in [-0.15, -0.1) is 0 Å². The zero-order chi connectivity index (χ0) is 19.2. The molecule has 0 saturated carbocycles. The Bertz CT molecular complexity index is 906. The number of benzene rings is 2. The van der Waals surface area contributed by atoms with Crippen LogP contribution in [0, 0.1) is 5.92 Å². The van der Waals surface area contributed by atoms with Gasteiger partial charge in [0.15, 0.2) is 0 Å². The first kappa shape index (κ1) is 18.2. The van der Waals surface area contributed by atoms with Crippen molar-refractivity contribution in [2.45, 2.75) is 19.3 Å². The van der Waals surface area contributed by atoms with Crippen molar-refractivity contribution < 1.29 is 4.79 Å². The summed E-state index contributed by atoms with van der Waals surface area (Å²) in [7, 11) is 0. The van der Waals surface area contributed by atoms with Gasteiger partial charge >= 0.3 is 0 Å². The van der Waals surface area contributed by atoms with Gasteiger partial charge in [0.2, 0.25) is 0 Å².